The first kappa shape index (κ1) is 16.2. The molecule has 0 bridgehead atoms. The molecule has 132 valence electrons. The van der Waals surface area contributed by atoms with Crippen molar-refractivity contribution >= 4 is 28.4 Å². The summed E-state index contributed by atoms with van der Waals surface area (Å²) in [5.41, 5.74) is 7.80. The molecular weight excluding hydrogens is 332 g/mol. The van der Waals surface area contributed by atoms with E-state index in [0.29, 0.717) is 37.1 Å². The summed E-state index contributed by atoms with van der Waals surface area (Å²) in [5, 5.41) is 7.05. The summed E-state index contributed by atoms with van der Waals surface area (Å²) in [7, 11) is 0. The summed E-state index contributed by atoms with van der Waals surface area (Å²) in [6, 6.07) is 11.3. The number of amides is 1. The van der Waals surface area contributed by atoms with Crippen molar-refractivity contribution in [2.24, 2.45) is 0 Å². The number of carbonyl (C=O) groups is 1. The highest BCUT2D eigenvalue weighted by molar-refractivity contribution is 5.92. The van der Waals surface area contributed by atoms with E-state index in [1.807, 2.05) is 24.3 Å². The molecule has 0 unspecified atom stereocenters. The molecular formula is C18H18N6O2. The highest BCUT2D eigenvalue weighted by atomic mass is 16.5. The predicted molar refractivity (Wildman–Crippen MR) is 97.6 cm³/mol. The van der Waals surface area contributed by atoms with Crippen LogP contribution in [0.25, 0.3) is 10.9 Å². The topological polar surface area (TPSA) is 115 Å². The lowest BCUT2D eigenvalue weighted by Gasteiger charge is -2.27. The van der Waals surface area contributed by atoms with Crippen LogP contribution in [0.1, 0.15) is 16.1 Å². The maximum absolute atomic E-state index is 12.4. The molecule has 3 heterocycles. The van der Waals surface area contributed by atoms with Crippen LogP contribution in [0, 0.1) is 0 Å². The molecule has 3 aromatic rings. The van der Waals surface area contributed by atoms with Gasteiger partial charge in [0.1, 0.15) is 23.7 Å². The number of hydrogen-bond acceptors (Lipinski definition) is 7. The Morgan fingerprint density at radius 1 is 1.19 bits per heavy atom. The summed E-state index contributed by atoms with van der Waals surface area (Å²) in [6.45, 7) is 1.68. The molecule has 4 N–H and O–H groups in total. The molecule has 1 aromatic carbocycles. The minimum absolute atomic E-state index is 0.237. The van der Waals surface area contributed by atoms with E-state index >= 15 is 0 Å². The van der Waals surface area contributed by atoms with E-state index < -0.39 is 0 Å². The van der Waals surface area contributed by atoms with Crippen LogP contribution in [0.15, 0.2) is 42.7 Å². The molecule has 0 atom stereocenters. The van der Waals surface area contributed by atoms with Gasteiger partial charge in [0.15, 0.2) is 0 Å². The van der Waals surface area contributed by atoms with Crippen molar-refractivity contribution in [1.29, 1.82) is 0 Å². The lowest BCUT2D eigenvalue weighted by Crippen LogP contribution is -2.40. The maximum atomic E-state index is 12.4. The summed E-state index contributed by atoms with van der Waals surface area (Å²) < 4.78 is 5.11. The fourth-order valence-corrected chi connectivity index (χ4v) is 2.66. The Labute approximate surface area is 149 Å². The second-order valence-corrected chi connectivity index (χ2v) is 6.11. The van der Waals surface area contributed by atoms with Gasteiger partial charge in [-0.3, -0.25) is 4.79 Å². The molecule has 0 saturated carbocycles. The zero-order valence-electron chi connectivity index (χ0n) is 14.0. The number of ether oxygens (including phenoxy) is 1. The van der Waals surface area contributed by atoms with Crippen molar-refractivity contribution in [3.8, 4) is 0 Å². The molecule has 1 saturated heterocycles. The highest BCUT2D eigenvalue weighted by Crippen LogP contribution is 2.16. The minimum Gasteiger partial charge on any atom is -0.384 e. The van der Waals surface area contributed by atoms with Gasteiger partial charge in [0, 0.05) is 18.0 Å². The van der Waals surface area contributed by atoms with Gasteiger partial charge < -0.3 is 21.1 Å². The number of nitrogens with zero attached hydrogens (tertiary/aromatic N) is 3. The molecule has 8 nitrogen and oxygen atoms in total. The van der Waals surface area contributed by atoms with Crippen molar-refractivity contribution in [3.63, 3.8) is 0 Å². The lowest BCUT2D eigenvalue weighted by molar-refractivity contribution is 0.0209. The second-order valence-electron chi connectivity index (χ2n) is 6.11. The largest absolute Gasteiger partial charge is 0.384 e. The number of aromatic nitrogens is 3. The van der Waals surface area contributed by atoms with Gasteiger partial charge in [-0.2, -0.15) is 0 Å². The Bertz CT molecular complexity index is 957. The normalized spacial score (nSPS) is 14.0. The van der Waals surface area contributed by atoms with Crippen LogP contribution in [0.3, 0.4) is 0 Å². The molecule has 26 heavy (non-hydrogen) atoms. The average molecular weight is 350 g/mol. The molecule has 0 aliphatic carbocycles. The molecule has 0 spiro atoms. The number of anilines is 2. The average Bonchev–Trinajstić information content (AvgIpc) is 2.63. The molecule has 0 radical (unpaired) electrons. The van der Waals surface area contributed by atoms with Crippen LogP contribution in [0.4, 0.5) is 11.6 Å². The predicted octanol–water partition coefficient (Wildman–Crippen LogP) is 1.35. The molecule has 1 aliphatic heterocycles. The number of fused-ring (bicyclic) bond motifs is 1. The molecule has 1 amide bonds. The minimum atomic E-state index is -0.254. The fraction of sp³-hybridized carbons (Fsp3) is 0.222. The van der Waals surface area contributed by atoms with Gasteiger partial charge in [0.2, 0.25) is 0 Å². The zero-order valence-corrected chi connectivity index (χ0v) is 14.0. The summed E-state index contributed by atoms with van der Waals surface area (Å²) >= 11 is 0. The number of nitrogen functional groups attached to an aromatic ring is 1. The van der Waals surface area contributed by atoms with Gasteiger partial charge in [-0.25, -0.2) is 15.0 Å². The Hall–Kier alpha value is -3.26. The Morgan fingerprint density at radius 2 is 2.08 bits per heavy atom. The summed E-state index contributed by atoms with van der Waals surface area (Å²) in [4.78, 5) is 24.8. The number of pyridine rings is 1. The van der Waals surface area contributed by atoms with Crippen LogP contribution < -0.4 is 16.4 Å². The van der Waals surface area contributed by atoms with E-state index in [0.717, 1.165) is 16.5 Å². The number of benzene rings is 1. The molecule has 1 fully saturated rings. The van der Waals surface area contributed by atoms with Gasteiger partial charge in [-0.1, -0.05) is 6.07 Å². The number of nitrogens with one attached hydrogen (secondary N) is 2. The smallest absolute Gasteiger partial charge is 0.270 e. The third-order valence-corrected chi connectivity index (χ3v) is 4.12. The van der Waals surface area contributed by atoms with Crippen LogP contribution in [-0.2, 0) is 11.3 Å². The van der Waals surface area contributed by atoms with Gasteiger partial charge in [-0.05, 0) is 29.8 Å². The molecule has 1 aliphatic rings. The van der Waals surface area contributed by atoms with Crippen LogP contribution >= 0.6 is 0 Å². The number of nitrogens with two attached hydrogens (primary N) is 1. The van der Waals surface area contributed by atoms with E-state index in [2.05, 4.69) is 25.6 Å². The molecule has 8 heteroatoms. The Morgan fingerprint density at radius 3 is 2.88 bits per heavy atom. The van der Waals surface area contributed by atoms with E-state index in [-0.39, 0.29) is 11.9 Å². The highest BCUT2D eigenvalue weighted by Gasteiger charge is 2.19. The van der Waals surface area contributed by atoms with Crippen LogP contribution in [0.2, 0.25) is 0 Å². The number of carbonyl (C=O) groups excluding carboxylic acids is 1. The van der Waals surface area contributed by atoms with Crippen molar-refractivity contribution in [3.05, 3.63) is 54.0 Å². The van der Waals surface area contributed by atoms with Gasteiger partial charge in [-0.15, -0.1) is 0 Å². The lowest BCUT2D eigenvalue weighted by atomic mass is 10.1. The Balaban J connectivity index is 1.41. The Kier molecular flexibility index (Phi) is 4.32. The number of rotatable bonds is 5. The van der Waals surface area contributed by atoms with Gasteiger partial charge in [0.05, 0.1) is 24.8 Å². The standard InChI is InChI=1S/C18H18N6O2/c19-16-4-2-12-5-11(1-3-14(12)24-16)7-20-18(25)15-6-17(22-10-21-15)23-13-8-26-9-13/h1-6,10,13H,7-9H2,(H2,19,24)(H,20,25)(H,21,22,23). The fourth-order valence-electron chi connectivity index (χ4n) is 2.66. The van der Waals surface area contributed by atoms with Crippen molar-refractivity contribution in [1.82, 2.24) is 20.3 Å². The quantitative estimate of drug-likeness (QED) is 0.636. The van der Waals surface area contributed by atoms with Crippen LogP contribution in [0.5, 0.6) is 0 Å². The third kappa shape index (κ3) is 3.55. The van der Waals surface area contributed by atoms with Gasteiger partial charge >= 0.3 is 0 Å². The molecule has 4 rings (SSSR count). The number of hydrogen-bond donors (Lipinski definition) is 3. The first-order chi connectivity index (χ1) is 12.7. The van der Waals surface area contributed by atoms with E-state index in [4.69, 9.17) is 10.5 Å². The van der Waals surface area contributed by atoms with Crippen molar-refractivity contribution in [2.45, 2.75) is 12.6 Å². The summed E-state index contributed by atoms with van der Waals surface area (Å²) in [5.74, 6) is 0.851. The maximum Gasteiger partial charge on any atom is 0.270 e. The zero-order chi connectivity index (χ0) is 17.9. The van der Waals surface area contributed by atoms with Crippen molar-refractivity contribution in [2.75, 3.05) is 24.3 Å². The van der Waals surface area contributed by atoms with E-state index in [1.54, 1.807) is 12.1 Å². The first-order valence-electron chi connectivity index (χ1n) is 8.27. The van der Waals surface area contributed by atoms with Gasteiger partial charge in [0.25, 0.3) is 5.91 Å². The second kappa shape index (κ2) is 6.93. The first-order valence-corrected chi connectivity index (χ1v) is 8.27. The third-order valence-electron chi connectivity index (χ3n) is 4.12. The SMILES string of the molecule is Nc1ccc2cc(CNC(=O)c3cc(NC4COC4)ncn3)ccc2n1. The van der Waals surface area contributed by atoms with Crippen molar-refractivity contribution < 1.29 is 9.53 Å². The monoisotopic (exact) mass is 350 g/mol. The van der Waals surface area contributed by atoms with E-state index in [1.165, 1.54) is 6.33 Å². The van der Waals surface area contributed by atoms with Crippen LogP contribution in [-0.4, -0.2) is 40.1 Å². The molecule has 2 aromatic heterocycles. The summed E-state index contributed by atoms with van der Waals surface area (Å²) in [6.07, 6.45) is 1.38. The van der Waals surface area contributed by atoms with E-state index in [9.17, 15) is 4.79 Å².